The van der Waals surface area contributed by atoms with Crippen molar-refractivity contribution >= 4 is 0 Å². The van der Waals surface area contributed by atoms with Crippen molar-refractivity contribution in [3.05, 3.63) is 29.8 Å². The van der Waals surface area contributed by atoms with Gasteiger partial charge in [0.25, 0.3) is 0 Å². The van der Waals surface area contributed by atoms with Gasteiger partial charge in [-0.1, -0.05) is 12.1 Å². The predicted molar refractivity (Wildman–Crippen MR) is 75.3 cm³/mol. The highest BCUT2D eigenvalue weighted by atomic mass is 16.5. The van der Waals surface area contributed by atoms with Crippen molar-refractivity contribution in [3.8, 4) is 11.8 Å². The lowest BCUT2D eigenvalue weighted by atomic mass is 9.74. The van der Waals surface area contributed by atoms with Gasteiger partial charge in [-0.25, -0.2) is 0 Å². The van der Waals surface area contributed by atoms with Crippen LogP contribution in [0, 0.1) is 16.7 Å². The standard InChI is InChI=1S/C16H21NO3/c1-12(2)20-14-5-3-13(4-6-14)15(18)16(11-17)7-9-19-10-8-16/h3-6,12,15,18H,7-10H2,1-2H3. The van der Waals surface area contributed by atoms with Crippen LogP contribution in [-0.4, -0.2) is 24.4 Å². The summed E-state index contributed by atoms with van der Waals surface area (Å²) >= 11 is 0. The van der Waals surface area contributed by atoms with Crippen LogP contribution >= 0.6 is 0 Å². The molecule has 4 heteroatoms. The molecule has 0 spiro atoms. The molecule has 108 valence electrons. The molecule has 1 saturated heterocycles. The molecule has 20 heavy (non-hydrogen) atoms. The predicted octanol–water partition coefficient (Wildman–Crippen LogP) is 2.83. The second kappa shape index (κ2) is 6.25. The molecule has 1 aromatic carbocycles. The Morgan fingerprint density at radius 1 is 1.25 bits per heavy atom. The maximum absolute atomic E-state index is 10.5. The summed E-state index contributed by atoms with van der Waals surface area (Å²) < 4.78 is 10.9. The van der Waals surface area contributed by atoms with Gasteiger partial charge in [0.1, 0.15) is 5.75 Å². The number of hydrogen-bond acceptors (Lipinski definition) is 4. The molecule has 0 radical (unpaired) electrons. The molecule has 1 atom stereocenters. The van der Waals surface area contributed by atoms with Crippen molar-refractivity contribution in [2.75, 3.05) is 13.2 Å². The van der Waals surface area contributed by atoms with Crippen LogP contribution in [0.1, 0.15) is 38.4 Å². The van der Waals surface area contributed by atoms with E-state index in [4.69, 9.17) is 9.47 Å². The lowest BCUT2D eigenvalue weighted by molar-refractivity contribution is -0.0310. The molecule has 0 aliphatic carbocycles. The minimum atomic E-state index is -0.788. The Labute approximate surface area is 119 Å². The van der Waals surface area contributed by atoms with Crippen molar-refractivity contribution < 1.29 is 14.6 Å². The molecule has 0 amide bonds. The monoisotopic (exact) mass is 275 g/mol. The highest BCUT2D eigenvalue weighted by Gasteiger charge is 2.40. The van der Waals surface area contributed by atoms with Gasteiger partial charge in [-0.05, 0) is 44.4 Å². The first-order valence-corrected chi connectivity index (χ1v) is 7.01. The molecule has 0 saturated carbocycles. The van der Waals surface area contributed by atoms with Gasteiger partial charge in [0, 0.05) is 13.2 Å². The summed E-state index contributed by atoms with van der Waals surface area (Å²) in [5.41, 5.74) is 0.0168. The second-order valence-corrected chi connectivity index (χ2v) is 5.52. The molecule has 0 aromatic heterocycles. The van der Waals surface area contributed by atoms with Crippen LogP contribution in [0.15, 0.2) is 24.3 Å². The molecule has 1 unspecified atom stereocenters. The molecule has 1 aromatic rings. The maximum Gasteiger partial charge on any atom is 0.119 e. The smallest absolute Gasteiger partial charge is 0.119 e. The molecular formula is C16H21NO3. The Kier molecular flexibility index (Phi) is 4.64. The first-order chi connectivity index (χ1) is 9.57. The number of benzene rings is 1. The Balaban J connectivity index is 2.15. The van der Waals surface area contributed by atoms with Crippen molar-refractivity contribution in [3.63, 3.8) is 0 Å². The van der Waals surface area contributed by atoms with Crippen LogP contribution < -0.4 is 4.74 Å². The van der Waals surface area contributed by atoms with Gasteiger partial charge in [0.2, 0.25) is 0 Å². The summed E-state index contributed by atoms with van der Waals surface area (Å²) in [6.07, 6.45) is 0.459. The van der Waals surface area contributed by atoms with E-state index in [1.54, 1.807) is 0 Å². The van der Waals surface area contributed by atoms with E-state index in [9.17, 15) is 10.4 Å². The summed E-state index contributed by atoms with van der Waals surface area (Å²) in [6.45, 7) is 4.99. The van der Waals surface area contributed by atoms with E-state index in [1.807, 2.05) is 38.1 Å². The van der Waals surface area contributed by atoms with Crippen LogP contribution in [0.3, 0.4) is 0 Å². The SMILES string of the molecule is CC(C)Oc1ccc(C(O)C2(C#N)CCOCC2)cc1. The minimum Gasteiger partial charge on any atom is -0.491 e. The average Bonchev–Trinajstić information content (AvgIpc) is 2.47. The molecule has 1 fully saturated rings. The maximum atomic E-state index is 10.5. The number of nitriles is 1. The largest absolute Gasteiger partial charge is 0.491 e. The van der Waals surface area contributed by atoms with Crippen molar-refractivity contribution in [2.45, 2.75) is 38.9 Å². The Bertz CT molecular complexity index is 469. The summed E-state index contributed by atoms with van der Waals surface area (Å²) in [4.78, 5) is 0. The molecule has 1 N–H and O–H groups in total. The van der Waals surface area contributed by atoms with Crippen molar-refractivity contribution in [1.29, 1.82) is 5.26 Å². The van der Waals surface area contributed by atoms with Gasteiger partial charge in [0.15, 0.2) is 0 Å². The lowest BCUT2D eigenvalue weighted by Gasteiger charge is -2.35. The van der Waals surface area contributed by atoms with E-state index in [1.165, 1.54) is 0 Å². The Hall–Kier alpha value is -1.57. The highest BCUT2D eigenvalue weighted by molar-refractivity contribution is 5.31. The zero-order valence-electron chi connectivity index (χ0n) is 12.0. The summed E-state index contributed by atoms with van der Waals surface area (Å²) in [5, 5.41) is 20.0. The highest BCUT2D eigenvalue weighted by Crippen LogP contribution is 2.42. The van der Waals surface area contributed by atoms with Gasteiger partial charge < -0.3 is 14.6 Å². The van der Waals surface area contributed by atoms with E-state index < -0.39 is 11.5 Å². The fraction of sp³-hybridized carbons (Fsp3) is 0.562. The minimum absolute atomic E-state index is 0.117. The topological polar surface area (TPSA) is 62.5 Å². The fourth-order valence-electron chi connectivity index (χ4n) is 2.50. The van der Waals surface area contributed by atoms with Crippen LogP contribution in [0.25, 0.3) is 0 Å². The van der Waals surface area contributed by atoms with Crippen LogP contribution in [0.4, 0.5) is 0 Å². The van der Waals surface area contributed by atoms with Gasteiger partial charge in [-0.3, -0.25) is 0 Å². The van der Waals surface area contributed by atoms with Gasteiger partial charge in [-0.15, -0.1) is 0 Å². The quantitative estimate of drug-likeness (QED) is 0.917. The third-order valence-electron chi connectivity index (χ3n) is 3.70. The van der Waals surface area contributed by atoms with Gasteiger partial charge in [-0.2, -0.15) is 5.26 Å². The van der Waals surface area contributed by atoms with Crippen LogP contribution in [-0.2, 0) is 4.74 Å². The third kappa shape index (κ3) is 3.12. The van der Waals surface area contributed by atoms with Crippen molar-refractivity contribution in [2.24, 2.45) is 5.41 Å². The van der Waals surface area contributed by atoms with Crippen molar-refractivity contribution in [1.82, 2.24) is 0 Å². The molecular weight excluding hydrogens is 254 g/mol. The summed E-state index contributed by atoms with van der Waals surface area (Å²) in [5.74, 6) is 0.772. The van der Waals surface area contributed by atoms with E-state index in [0.29, 0.717) is 26.1 Å². The molecule has 0 bridgehead atoms. The first kappa shape index (κ1) is 14.8. The van der Waals surface area contributed by atoms with Crippen LogP contribution in [0.2, 0.25) is 0 Å². The number of rotatable bonds is 4. The normalized spacial score (nSPS) is 19.4. The number of nitrogens with zero attached hydrogens (tertiary/aromatic N) is 1. The Morgan fingerprint density at radius 3 is 2.35 bits per heavy atom. The number of aliphatic hydroxyl groups is 1. The molecule has 1 aliphatic rings. The lowest BCUT2D eigenvalue weighted by Crippen LogP contribution is -2.34. The number of ether oxygens (including phenoxy) is 2. The molecule has 2 rings (SSSR count). The number of aliphatic hydroxyl groups excluding tert-OH is 1. The summed E-state index contributed by atoms with van der Waals surface area (Å²) in [7, 11) is 0. The summed E-state index contributed by atoms with van der Waals surface area (Å²) in [6, 6.07) is 9.63. The van der Waals surface area contributed by atoms with Gasteiger partial charge in [0.05, 0.1) is 23.7 Å². The average molecular weight is 275 g/mol. The molecule has 4 nitrogen and oxygen atoms in total. The van der Waals surface area contributed by atoms with Gasteiger partial charge >= 0.3 is 0 Å². The van der Waals surface area contributed by atoms with E-state index in [0.717, 1.165) is 11.3 Å². The zero-order chi connectivity index (χ0) is 14.6. The van der Waals surface area contributed by atoms with E-state index in [-0.39, 0.29) is 6.10 Å². The second-order valence-electron chi connectivity index (χ2n) is 5.52. The van der Waals surface area contributed by atoms with Crippen LogP contribution in [0.5, 0.6) is 5.75 Å². The first-order valence-electron chi connectivity index (χ1n) is 7.01. The molecule has 1 heterocycles. The number of hydrogen-bond donors (Lipinski definition) is 1. The zero-order valence-corrected chi connectivity index (χ0v) is 12.0. The third-order valence-corrected chi connectivity index (χ3v) is 3.70. The van der Waals surface area contributed by atoms with E-state index >= 15 is 0 Å². The molecule has 1 aliphatic heterocycles. The fourth-order valence-corrected chi connectivity index (χ4v) is 2.50. The Morgan fingerprint density at radius 2 is 1.85 bits per heavy atom. The van der Waals surface area contributed by atoms with E-state index in [2.05, 4.69) is 6.07 Å².